The molecule has 6 rings (SSSR count). The maximum atomic E-state index is 13.3. The van der Waals surface area contributed by atoms with Crippen LogP contribution in [0.5, 0.6) is 5.75 Å². The van der Waals surface area contributed by atoms with Crippen molar-refractivity contribution in [2.45, 2.75) is 32.1 Å². The summed E-state index contributed by atoms with van der Waals surface area (Å²) in [5.41, 5.74) is 8.78. The first-order valence-corrected chi connectivity index (χ1v) is 9.69. The van der Waals surface area contributed by atoms with Crippen LogP contribution < -0.4 is 16.0 Å². The number of esters is 1. The van der Waals surface area contributed by atoms with Crippen LogP contribution in [0.4, 0.5) is 5.69 Å². The molecule has 1 aromatic carbocycles. The number of fused-ring (bicyclic) bond motifs is 5. The minimum Gasteiger partial charge on any atom is -0.462 e. The number of rotatable bonds is 1. The molecule has 0 fully saturated rings. The second-order valence-electron chi connectivity index (χ2n) is 7.75. The van der Waals surface area contributed by atoms with Crippen LogP contribution >= 0.6 is 0 Å². The smallest absolute Gasteiger partial charge is 0.343 e. The van der Waals surface area contributed by atoms with Crippen molar-refractivity contribution in [3.8, 4) is 17.1 Å². The third kappa shape index (κ3) is 1.91. The highest BCUT2D eigenvalue weighted by atomic mass is 16.6. The van der Waals surface area contributed by atoms with Gasteiger partial charge in [0.15, 0.2) is 11.4 Å². The van der Waals surface area contributed by atoms with Crippen LogP contribution in [0.1, 0.15) is 35.6 Å². The average Bonchev–Trinajstić information content (AvgIpc) is 3.13. The molecule has 150 valence electrons. The molecule has 1 atom stereocenters. The number of carbonyl (C=O) groups is 1. The van der Waals surface area contributed by atoms with Gasteiger partial charge in [-0.05, 0) is 36.3 Å². The van der Waals surface area contributed by atoms with Gasteiger partial charge in [0.2, 0.25) is 0 Å². The van der Waals surface area contributed by atoms with Gasteiger partial charge in [0.25, 0.3) is 5.56 Å². The van der Waals surface area contributed by atoms with E-state index in [9.17, 15) is 14.7 Å². The largest absolute Gasteiger partial charge is 0.462 e. The molecule has 0 unspecified atom stereocenters. The predicted octanol–water partition coefficient (Wildman–Crippen LogP) is 2.02. The summed E-state index contributed by atoms with van der Waals surface area (Å²) in [6.45, 7) is 1.86. The number of aliphatic hydroxyl groups is 1. The predicted molar refractivity (Wildman–Crippen MR) is 109 cm³/mol. The van der Waals surface area contributed by atoms with Crippen molar-refractivity contribution in [1.82, 2.24) is 9.55 Å². The second-order valence-corrected chi connectivity index (χ2v) is 7.75. The van der Waals surface area contributed by atoms with Crippen LogP contribution in [0.25, 0.3) is 28.4 Å². The lowest BCUT2D eigenvalue weighted by Gasteiger charge is -2.31. The lowest BCUT2D eigenvalue weighted by Crippen LogP contribution is -2.44. The van der Waals surface area contributed by atoms with Crippen molar-refractivity contribution < 1.29 is 19.4 Å². The van der Waals surface area contributed by atoms with E-state index in [1.54, 1.807) is 29.9 Å². The number of nitrogens with two attached hydrogens (primary N) is 1. The van der Waals surface area contributed by atoms with Gasteiger partial charge >= 0.3 is 5.97 Å². The Kier molecular flexibility index (Phi) is 3.15. The van der Waals surface area contributed by atoms with Crippen molar-refractivity contribution in [1.29, 1.82) is 0 Å². The van der Waals surface area contributed by atoms with Crippen LogP contribution in [-0.4, -0.2) is 20.6 Å². The van der Waals surface area contributed by atoms with Crippen LogP contribution in [0.3, 0.4) is 0 Å². The van der Waals surface area contributed by atoms with E-state index in [0.717, 1.165) is 16.5 Å². The van der Waals surface area contributed by atoms with Gasteiger partial charge in [-0.1, -0.05) is 6.92 Å². The molecule has 0 aliphatic carbocycles. The number of hydrogen-bond donors (Lipinski definition) is 2. The average molecular weight is 403 g/mol. The standard InChI is InChI=1S/C22H17N3O5/c1-2-22(28)13-7-16-18-11(8-25(16)20(26)12(13)9-30-21(22)27)10-5-6-29-19-14(23)3-4-15(24-18)17(10)19/h3-7,28H,2,8-9,23H2,1H3/t22-/m0/s1. The Bertz CT molecular complexity index is 1400. The SMILES string of the molecule is CC[C@@]1(O)C(=O)OCc2c1cc1n(c2=O)Cc2c-1nc1ccc(N)c3c1c2C=CO3. The van der Waals surface area contributed by atoms with Gasteiger partial charge in [-0.2, -0.15) is 0 Å². The summed E-state index contributed by atoms with van der Waals surface area (Å²) in [7, 11) is 0. The van der Waals surface area contributed by atoms with Gasteiger partial charge in [0, 0.05) is 11.1 Å². The highest BCUT2D eigenvalue weighted by Crippen LogP contribution is 2.44. The summed E-state index contributed by atoms with van der Waals surface area (Å²) < 4.78 is 12.4. The molecule has 0 radical (unpaired) electrons. The van der Waals surface area contributed by atoms with Crippen LogP contribution in [-0.2, 0) is 28.3 Å². The minimum atomic E-state index is -1.84. The quantitative estimate of drug-likeness (QED) is 0.369. The van der Waals surface area contributed by atoms with E-state index in [4.69, 9.17) is 20.2 Å². The number of cyclic esters (lactones) is 1. The third-order valence-electron chi connectivity index (χ3n) is 6.30. The van der Waals surface area contributed by atoms with Crippen LogP contribution in [0.2, 0.25) is 0 Å². The zero-order valence-corrected chi connectivity index (χ0v) is 16.1. The summed E-state index contributed by atoms with van der Waals surface area (Å²) in [6.07, 6.45) is 3.53. The molecule has 0 amide bonds. The fourth-order valence-corrected chi connectivity index (χ4v) is 4.67. The van der Waals surface area contributed by atoms with E-state index >= 15 is 0 Å². The third-order valence-corrected chi connectivity index (χ3v) is 6.30. The van der Waals surface area contributed by atoms with Crippen molar-refractivity contribution in [2.75, 3.05) is 5.73 Å². The molecule has 0 bridgehead atoms. The molecular formula is C22H17N3O5. The molecule has 3 aliphatic rings. The lowest BCUT2D eigenvalue weighted by molar-refractivity contribution is -0.172. The first kappa shape index (κ1) is 17.2. The van der Waals surface area contributed by atoms with Gasteiger partial charge in [0.1, 0.15) is 6.61 Å². The molecule has 8 heteroatoms. The number of ether oxygens (including phenoxy) is 2. The molecule has 0 saturated carbocycles. The molecule has 5 heterocycles. The number of aromatic nitrogens is 2. The Morgan fingerprint density at radius 3 is 2.93 bits per heavy atom. The Labute approximate surface area is 170 Å². The van der Waals surface area contributed by atoms with E-state index in [2.05, 4.69) is 0 Å². The second kappa shape index (κ2) is 5.48. The summed E-state index contributed by atoms with van der Waals surface area (Å²) in [5.74, 6) is -0.177. The summed E-state index contributed by atoms with van der Waals surface area (Å²) in [5, 5.41) is 11.8. The number of pyridine rings is 2. The molecule has 3 aromatic rings. The topological polar surface area (TPSA) is 117 Å². The summed E-state index contributed by atoms with van der Waals surface area (Å²) >= 11 is 0. The molecule has 2 aromatic heterocycles. The van der Waals surface area contributed by atoms with Crippen molar-refractivity contribution in [3.05, 3.63) is 57.1 Å². The maximum Gasteiger partial charge on any atom is 0.343 e. The normalized spacial score (nSPS) is 20.4. The Morgan fingerprint density at radius 2 is 2.13 bits per heavy atom. The van der Waals surface area contributed by atoms with Gasteiger partial charge in [-0.25, -0.2) is 9.78 Å². The molecule has 0 spiro atoms. The number of benzene rings is 1. The van der Waals surface area contributed by atoms with E-state index in [-0.39, 0.29) is 18.6 Å². The lowest BCUT2D eigenvalue weighted by atomic mass is 9.86. The zero-order valence-electron chi connectivity index (χ0n) is 16.1. The molecular weight excluding hydrogens is 386 g/mol. The van der Waals surface area contributed by atoms with E-state index in [1.165, 1.54) is 0 Å². The van der Waals surface area contributed by atoms with E-state index < -0.39 is 11.6 Å². The maximum absolute atomic E-state index is 13.3. The van der Waals surface area contributed by atoms with Crippen molar-refractivity contribution >= 4 is 28.6 Å². The zero-order chi connectivity index (χ0) is 20.8. The molecule has 30 heavy (non-hydrogen) atoms. The fourth-order valence-electron chi connectivity index (χ4n) is 4.67. The highest BCUT2D eigenvalue weighted by molar-refractivity contribution is 6.01. The Morgan fingerprint density at radius 1 is 1.30 bits per heavy atom. The Hall–Kier alpha value is -3.65. The molecule has 3 aliphatic heterocycles. The van der Waals surface area contributed by atoms with Gasteiger partial charge in [-0.3, -0.25) is 4.79 Å². The van der Waals surface area contributed by atoms with Crippen LogP contribution in [0.15, 0.2) is 29.3 Å². The summed E-state index contributed by atoms with van der Waals surface area (Å²) in [4.78, 5) is 30.4. The van der Waals surface area contributed by atoms with E-state index in [0.29, 0.717) is 46.0 Å². The number of hydrogen-bond acceptors (Lipinski definition) is 7. The number of nitrogens with zero attached hydrogens (tertiary/aromatic N) is 2. The molecule has 3 N–H and O–H groups in total. The first-order chi connectivity index (χ1) is 14.4. The van der Waals surface area contributed by atoms with Crippen LogP contribution in [0, 0.1) is 0 Å². The van der Waals surface area contributed by atoms with Gasteiger partial charge < -0.3 is 24.9 Å². The van der Waals surface area contributed by atoms with Gasteiger partial charge in [0.05, 0.1) is 46.3 Å². The number of anilines is 1. The first-order valence-electron chi connectivity index (χ1n) is 9.69. The minimum absolute atomic E-state index is 0.105. The van der Waals surface area contributed by atoms with Gasteiger partial charge in [-0.15, -0.1) is 0 Å². The van der Waals surface area contributed by atoms with E-state index in [1.807, 2.05) is 12.1 Å². The Balaban J connectivity index is 1.69. The van der Waals surface area contributed by atoms with Crippen molar-refractivity contribution in [3.63, 3.8) is 0 Å². The number of carbonyl (C=O) groups excluding carboxylic acids is 1. The fraction of sp³-hybridized carbons (Fsp3) is 0.227. The number of nitrogen functional groups attached to an aromatic ring is 1. The summed E-state index contributed by atoms with van der Waals surface area (Å²) in [6, 6.07) is 5.26. The highest BCUT2D eigenvalue weighted by Gasteiger charge is 2.45. The molecule has 0 saturated heterocycles. The monoisotopic (exact) mass is 403 g/mol. The van der Waals surface area contributed by atoms with Crippen molar-refractivity contribution in [2.24, 2.45) is 0 Å². The molecule has 8 nitrogen and oxygen atoms in total.